The van der Waals surface area contributed by atoms with Crippen LogP contribution < -0.4 is 11.1 Å². The van der Waals surface area contributed by atoms with Crippen LogP contribution in [0.4, 0.5) is 5.00 Å². The lowest BCUT2D eigenvalue weighted by Crippen LogP contribution is -2.19. The highest BCUT2D eigenvalue weighted by Crippen LogP contribution is 2.33. The molecule has 0 aliphatic heterocycles. The average molecular weight is 337 g/mol. The zero-order valence-corrected chi connectivity index (χ0v) is 14.0. The summed E-state index contributed by atoms with van der Waals surface area (Å²) >= 11 is 7.20. The first kappa shape index (κ1) is 16.5. The zero-order chi connectivity index (χ0) is 16.3. The summed E-state index contributed by atoms with van der Waals surface area (Å²) in [6.07, 6.45) is 0.918. The number of nitrogens with two attached hydrogens (primary N) is 1. The molecule has 116 valence electrons. The summed E-state index contributed by atoms with van der Waals surface area (Å²) in [4.78, 5) is 24.8. The minimum absolute atomic E-state index is 0.186. The van der Waals surface area contributed by atoms with Crippen LogP contribution in [0.5, 0.6) is 0 Å². The molecule has 0 aliphatic rings. The number of primary amides is 1. The molecule has 22 heavy (non-hydrogen) atoms. The molecular weight excluding hydrogens is 320 g/mol. The van der Waals surface area contributed by atoms with Crippen LogP contribution in [-0.2, 0) is 17.6 Å². The van der Waals surface area contributed by atoms with Crippen LogP contribution >= 0.6 is 22.9 Å². The Morgan fingerprint density at radius 2 is 1.91 bits per heavy atom. The van der Waals surface area contributed by atoms with E-state index in [1.807, 2.05) is 13.8 Å². The summed E-state index contributed by atoms with van der Waals surface area (Å²) in [6, 6.07) is 7.08. The number of nitrogens with one attached hydrogen (secondary N) is 1. The summed E-state index contributed by atoms with van der Waals surface area (Å²) < 4.78 is 0. The van der Waals surface area contributed by atoms with Crippen LogP contribution in [0.25, 0.3) is 0 Å². The van der Waals surface area contributed by atoms with Crippen LogP contribution in [0, 0.1) is 6.92 Å². The predicted octanol–water partition coefficient (Wildman–Crippen LogP) is 3.55. The maximum Gasteiger partial charge on any atom is 0.251 e. The van der Waals surface area contributed by atoms with E-state index in [1.54, 1.807) is 24.3 Å². The number of halogens is 1. The first-order valence-electron chi connectivity index (χ1n) is 6.88. The Morgan fingerprint density at radius 1 is 1.27 bits per heavy atom. The quantitative estimate of drug-likeness (QED) is 0.876. The van der Waals surface area contributed by atoms with E-state index >= 15 is 0 Å². The maximum absolute atomic E-state index is 12.2. The third-order valence-corrected chi connectivity index (χ3v) is 4.65. The lowest BCUT2D eigenvalue weighted by molar-refractivity contribution is -0.115. The third kappa shape index (κ3) is 3.67. The van der Waals surface area contributed by atoms with Crippen molar-refractivity contribution in [1.29, 1.82) is 0 Å². The largest absolute Gasteiger partial charge is 0.365 e. The molecule has 0 bridgehead atoms. The molecule has 0 atom stereocenters. The van der Waals surface area contributed by atoms with Gasteiger partial charge in [-0.1, -0.05) is 30.7 Å². The molecule has 1 heterocycles. The van der Waals surface area contributed by atoms with Crippen molar-refractivity contribution in [3.05, 3.63) is 50.9 Å². The van der Waals surface area contributed by atoms with E-state index in [9.17, 15) is 9.59 Å². The Labute approximate surface area is 138 Å². The van der Waals surface area contributed by atoms with Crippen molar-refractivity contribution >= 4 is 39.8 Å². The molecule has 3 N–H and O–H groups in total. The average Bonchev–Trinajstić information content (AvgIpc) is 2.76. The number of benzene rings is 1. The van der Waals surface area contributed by atoms with Gasteiger partial charge in [0, 0.05) is 9.90 Å². The van der Waals surface area contributed by atoms with Crippen molar-refractivity contribution in [3.8, 4) is 0 Å². The van der Waals surface area contributed by atoms with Gasteiger partial charge in [-0.3, -0.25) is 9.59 Å². The highest BCUT2D eigenvalue weighted by atomic mass is 35.5. The van der Waals surface area contributed by atoms with Gasteiger partial charge in [0.15, 0.2) is 0 Å². The lowest BCUT2D eigenvalue weighted by Gasteiger charge is -2.06. The van der Waals surface area contributed by atoms with Crippen LogP contribution in [0.3, 0.4) is 0 Å². The summed E-state index contributed by atoms with van der Waals surface area (Å²) in [5.74, 6) is -0.697. The molecule has 1 aromatic heterocycles. The first-order valence-corrected chi connectivity index (χ1v) is 8.08. The summed E-state index contributed by atoms with van der Waals surface area (Å²) in [6.45, 7) is 3.88. The number of hydrogen-bond donors (Lipinski definition) is 2. The summed E-state index contributed by atoms with van der Waals surface area (Å²) in [5, 5.41) is 3.95. The Bertz CT molecular complexity index is 708. The SMILES string of the molecule is CCc1c(C)sc(NC(=O)Cc2ccc(Cl)cc2)c1C(N)=O. The molecule has 4 nitrogen and oxygen atoms in total. The second-order valence-corrected chi connectivity index (χ2v) is 6.57. The Kier molecular flexibility index (Phi) is 5.21. The number of carbonyl (C=O) groups excluding carboxylic acids is 2. The van der Waals surface area contributed by atoms with E-state index in [1.165, 1.54) is 11.3 Å². The van der Waals surface area contributed by atoms with Gasteiger partial charge in [0.1, 0.15) is 5.00 Å². The van der Waals surface area contributed by atoms with Gasteiger partial charge in [-0.2, -0.15) is 0 Å². The summed E-state index contributed by atoms with van der Waals surface area (Å²) in [5.41, 5.74) is 7.63. The number of rotatable bonds is 5. The Morgan fingerprint density at radius 3 is 2.45 bits per heavy atom. The number of thiophene rings is 1. The molecule has 0 saturated carbocycles. The van der Waals surface area contributed by atoms with E-state index in [-0.39, 0.29) is 12.3 Å². The van der Waals surface area contributed by atoms with Gasteiger partial charge in [-0.15, -0.1) is 11.3 Å². The molecule has 0 spiro atoms. The molecule has 0 saturated heterocycles. The van der Waals surface area contributed by atoms with Gasteiger partial charge in [-0.05, 0) is 36.6 Å². The normalized spacial score (nSPS) is 10.5. The van der Waals surface area contributed by atoms with Crippen molar-refractivity contribution in [1.82, 2.24) is 0 Å². The molecule has 0 unspecified atom stereocenters. The van der Waals surface area contributed by atoms with E-state index < -0.39 is 5.91 Å². The Hall–Kier alpha value is -1.85. The number of anilines is 1. The van der Waals surface area contributed by atoms with E-state index in [4.69, 9.17) is 17.3 Å². The van der Waals surface area contributed by atoms with E-state index in [2.05, 4.69) is 5.32 Å². The van der Waals surface area contributed by atoms with Crippen LogP contribution in [-0.4, -0.2) is 11.8 Å². The van der Waals surface area contributed by atoms with Crippen LogP contribution in [0.1, 0.15) is 33.3 Å². The van der Waals surface area contributed by atoms with Gasteiger partial charge in [0.25, 0.3) is 5.91 Å². The first-order chi connectivity index (χ1) is 10.4. The van der Waals surface area contributed by atoms with Gasteiger partial charge >= 0.3 is 0 Å². The second kappa shape index (κ2) is 6.94. The van der Waals surface area contributed by atoms with Crippen molar-refractivity contribution in [2.45, 2.75) is 26.7 Å². The molecule has 2 rings (SSSR count). The maximum atomic E-state index is 12.2. The number of carbonyl (C=O) groups is 2. The highest BCUT2D eigenvalue weighted by Gasteiger charge is 2.20. The minimum atomic E-state index is -0.511. The number of aryl methyl sites for hydroxylation is 1. The van der Waals surface area contributed by atoms with Crippen molar-refractivity contribution in [2.75, 3.05) is 5.32 Å². The molecule has 0 aliphatic carbocycles. The van der Waals surface area contributed by atoms with E-state index in [0.29, 0.717) is 22.0 Å². The predicted molar refractivity (Wildman–Crippen MR) is 90.7 cm³/mol. The molecular formula is C16H17ClN2O2S. The third-order valence-electron chi connectivity index (χ3n) is 3.34. The van der Waals surface area contributed by atoms with Crippen molar-refractivity contribution < 1.29 is 9.59 Å². The van der Waals surface area contributed by atoms with Crippen molar-refractivity contribution in [2.24, 2.45) is 5.73 Å². The lowest BCUT2D eigenvalue weighted by atomic mass is 10.1. The van der Waals surface area contributed by atoms with Crippen LogP contribution in [0.2, 0.25) is 5.02 Å². The summed E-state index contributed by atoms with van der Waals surface area (Å²) in [7, 11) is 0. The van der Waals surface area contributed by atoms with E-state index in [0.717, 1.165) is 16.0 Å². The smallest absolute Gasteiger partial charge is 0.251 e. The standard InChI is InChI=1S/C16H17ClN2O2S/c1-3-12-9(2)22-16(14(12)15(18)21)19-13(20)8-10-4-6-11(17)7-5-10/h4-7H,3,8H2,1-2H3,(H2,18,21)(H,19,20). The molecule has 2 aromatic rings. The minimum Gasteiger partial charge on any atom is -0.365 e. The molecule has 0 fully saturated rings. The number of amides is 2. The fourth-order valence-electron chi connectivity index (χ4n) is 2.31. The van der Waals surface area contributed by atoms with Gasteiger partial charge in [0.05, 0.1) is 12.0 Å². The van der Waals surface area contributed by atoms with Gasteiger partial charge < -0.3 is 11.1 Å². The fourth-order valence-corrected chi connectivity index (χ4v) is 3.60. The van der Waals surface area contributed by atoms with Gasteiger partial charge in [-0.25, -0.2) is 0 Å². The Balaban J connectivity index is 2.18. The van der Waals surface area contributed by atoms with Crippen LogP contribution in [0.15, 0.2) is 24.3 Å². The molecule has 6 heteroatoms. The monoisotopic (exact) mass is 336 g/mol. The molecule has 0 radical (unpaired) electrons. The highest BCUT2D eigenvalue weighted by molar-refractivity contribution is 7.16. The zero-order valence-electron chi connectivity index (χ0n) is 12.4. The topological polar surface area (TPSA) is 72.2 Å². The molecule has 2 amide bonds. The fraction of sp³-hybridized carbons (Fsp3) is 0.250. The number of hydrogen-bond acceptors (Lipinski definition) is 3. The van der Waals surface area contributed by atoms with Gasteiger partial charge in [0.2, 0.25) is 5.91 Å². The van der Waals surface area contributed by atoms with Crippen molar-refractivity contribution in [3.63, 3.8) is 0 Å². The second-order valence-electron chi connectivity index (χ2n) is 4.91. The molecule has 1 aromatic carbocycles.